The molecule has 1 aliphatic carbocycles. The SMILES string of the molecule is COc1cccc(/C=C/C=Nc2ccccc2Nc2ccc(C#N)cn2)c1OC1CCCC1. The van der Waals surface area contributed by atoms with Crippen molar-refractivity contribution in [3.8, 4) is 17.6 Å². The van der Waals surface area contributed by atoms with E-state index < -0.39 is 0 Å². The topological polar surface area (TPSA) is 79.5 Å². The van der Waals surface area contributed by atoms with Gasteiger partial charge < -0.3 is 14.8 Å². The highest BCUT2D eigenvalue weighted by molar-refractivity contribution is 5.84. The number of aromatic nitrogens is 1. The first-order valence-corrected chi connectivity index (χ1v) is 11.0. The van der Waals surface area contributed by atoms with E-state index in [1.54, 1.807) is 25.5 Å². The van der Waals surface area contributed by atoms with Crippen LogP contribution in [0.3, 0.4) is 0 Å². The third-order valence-corrected chi connectivity index (χ3v) is 5.45. The molecule has 0 saturated heterocycles. The standard InChI is InChI=1S/C27H26N4O2/c1-32-25-14-6-8-21(27(25)33-22-10-2-3-11-22)9-7-17-29-23-12-4-5-13-24(23)31-26-16-15-20(18-28)19-30-26/h4-9,12-17,19,22H,2-3,10-11H2,1H3,(H,30,31)/b9-7+,29-17?. The number of rotatable bonds is 8. The Morgan fingerprint density at radius 2 is 1.94 bits per heavy atom. The van der Waals surface area contributed by atoms with Crippen LogP contribution in [-0.4, -0.2) is 24.4 Å². The molecular weight excluding hydrogens is 412 g/mol. The first-order valence-electron chi connectivity index (χ1n) is 11.0. The molecule has 1 saturated carbocycles. The van der Waals surface area contributed by atoms with E-state index in [1.807, 2.05) is 54.6 Å². The van der Waals surface area contributed by atoms with Crippen molar-refractivity contribution in [2.24, 2.45) is 4.99 Å². The Morgan fingerprint density at radius 3 is 2.70 bits per heavy atom. The Hall–Kier alpha value is -4.11. The highest BCUT2D eigenvalue weighted by Gasteiger charge is 2.19. The minimum absolute atomic E-state index is 0.246. The molecule has 0 atom stereocenters. The Bertz CT molecular complexity index is 1170. The third kappa shape index (κ3) is 5.78. The van der Waals surface area contributed by atoms with E-state index in [0.29, 0.717) is 11.4 Å². The molecule has 33 heavy (non-hydrogen) atoms. The molecule has 1 heterocycles. The lowest BCUT2D eigenvalue weighted by atomic mass is 10.1. The second kappa shape index (κ2) is 11.0. The summed E-state index contributed by atoms with van der Waals surface area (Å²) in [6.45, 7) is 0. The lowest BCUT2D eigenvalue weighted by molar-refractivity contribution is 0.200. The van der Waals surface area contributed by atoms with Gasteiger partial charge in [-0.2, -0.15) is 5.26 Å². The van der Waals surface area contributed by atoms with Crippen molar-refractivity contribution >= 4 is 29.5 Å². The second-order valence-corrected chi connectivity index (χ2v) is 7.73. The molecule has 2 aromatic carbocycles. The molecule has 0 amide bonds. The molecule has 0 bridgehead atoms. The normalized spacial score (nSPS) is 13.9. The molecular formula is C27H26N4O2. The summed E-state index contributed by atoms with van der Waals surface area (Å²) in [6, 6.07) is 19.2. The van der Waals surface area contributed by atoms with Crippen molar-refractivity contribution in [1.29, 1.82) is 5.26 Å². The molecule has 1 fully saturated rings. The maximum Gasteiger partial charge on any atom is 0.168 e. The van der Waals surface area contributed by atoms with Gasteiger partial charge in [0.25, 0.3) is 0 Å². The average Bonchev–Trinajstić information content (AvgIpc) is 3.37. The van der Waals surface area contributed by atoms with Crippen molar-refractivity contribution in [1.82, 2.24) is 4.98 Å². The van der Waals surface area contributed by atoms with Crippen LogP contribution >= 0.6 is 0 Å². The van der Waals surface area contributed by atoms with Gasteiger partial charge >= 0.3 is 0 Å². The Kier molecular flexibility index (Phi) is 7.34. The number of para-hydroxylation sites is 3. The van der Waals surface area contributed by atoms with Crippen LogP contribution in [0.5, 0.6) is 11.5 Å². The highest BCUT2D eigenvalue weighted by atomic mass is 16.5. The zero-order valence-electron chi connectivity index (χ0n) is 18.6. The van der Waals surface area contributed by atoms with Gasteiger partial charge in [0.2, 0.25) is 0 Å². The second-order valence-electron chi connectivity index (χ2n) is 7.73. The Labute approximate surface area is 194 Å². The molecule has 3 aromatic rings. The zero-order chi connectivity index (χ0) is 22.9. The largest absolute Gasteiger partial charge is 0.493 e. The fourth-order valence-corrected chi connectivity index (χ4v) is 3.76. The summed E-state index contributed by atoms with van der Waals surface area (Å²) in [4.78, 5) is 8.87. The average molecular weight is 439 g/mol. The van der Waals surface area contributed by atoms with Gasteiger partial charge in [0, 0.05) is 18.0 Å². The number of nitrogens with one attached hydrogen (secondary N) is 1. The molecule has 1 aliphatic rings. The summed E-state index contributed by atoms with van der Waals surface area (Å²) in [5, 5.41) is 12.2. The maximum absolute atomic E-state index is 8.93. The lowest BCUT2D eigenvalue weighted by Crippen LogP contribution is -2.12. The van der Waals surface area contributed by atoms with E-state index in [9.17, 15) is 0 Å². The number of anilines is 2. The predicted molar refractivity (Wildman–Crippen MR) is 132 cm³/mol. The Balaban J connectivity index is 1.49. The minimum atomic E-state index is 0.246. The van der Waals surface area contributed by atoms with Gasteiger partial charge in [0.05, 0.1) is 30.2 Å². The first kappa shape index (κ1) is 22.1. The quantitative estimate of drug-likeness (QED) is 0.409. The van der Waals surface area contributed by atoms with E-state index >= 15 is 0 Å². The summed E-state index contributed by atoms with van der Waals surface area (Å²) in [5.41, 5.74) is 3.08. The Morgan fingerprint density at radius 1 is 1.09 bits per heavy atom. The molecule has 1 N–H and O–H groups in total. The number of hydrogen-bond acceptors (Lipinski definition) is 6. The fourth-order valence-electron chi connectivity index (χ4n) is 3.76. The fraction of sp³-hybridized carbons (Fsp3) is 0.222. The van der Waals surface area contributed by atoms with Crippen LogP contribution in [0.25, 0.3) is 6.08 Å². The van der Waals surface area contributed by atoms with Crippen LogP contribution in [0, 0.1) is 11.3 Å². The van der Waals surface area contributed by atoms with E-state index in [0.717, 1.165) is 41.3 Å². The summed E-state index contributed by atoms with van der Waals surface area (Å²) in [7, 11) is 1.67. The lowest BCUT2D eigenvalue weighted by Gasteiger charge is -2.17. The number of ether oxygens (including phenoxy) is 2. The third-order valence-electron chi connectivity index (χ3n) is 5.45. The number of benzene rings is 2. The number of aliphatic imine (C=N–C) groups is 1. The van der Waals surface area contributed by atoms with Crippen LogP contribution in [0.2, 0.25) is 0 Å². The monoisotopic (exact) mass is 438 g/mol. The van der Waals surface area contributed by atoms with E-state index in [2.05, 4.69) is 21.4 Å². The molecule has 4 rings (SSSR count). The summed E-state index contributed by atoms with van der Waals surface area (Å²) < 4.78 is 11.8. The smallest absolute Gasteiger partial charge is 0.168 e. The zero-order valence-corrected chi connectivity index (χ0v) is 18.6. The van der Waals surface area contributed by atoms with Crippen molar-refractivity contribution in [2.45, 2.75) is 31.8 Å². The van der Waals surface area contributed by atoms with E-state index in [1.165, 1.54) is 19.0 Å². The molecule has 6 nitrogen and oxygen atoms in total. The summed E-state index contributed by atoms with van der Waals surface area (Å²) in [5.74, 6) is 2.17. The molecule has 0 aliphatic heterocycles. The molecule has 0 spiro atoms. The van der Waals surface area contributed by atoms with Crippen LogP contribution < -0.4 is 14.8 Å². The first-order chi connectivity index (χ1) is 16.3. The van der Waals surface area contributed by atoms with Crippen molar-refractivity contribution in [3.63, 3.8) is 0 Å². The maximum atomic E-state index is 8.93. The van der Waals surface area contributed by atoms with Gasteiger partial charge in [-0.15, -0.1) is 0 Å². The number of hydrogen-bond donors (Lipinski definition) is 1. The van der Waals surface area contributed by atoms with Gasteiger partial charge in [0.1, 0.15) is 11.9 Å². The van der Waals surface area contributed by atoms with E-state index in [-0.39, 0.29) is 6.10 Å². The van der Waals surface area contributed by atoms with Gasteiger partial charge in [-0.25, -0.2) is 4.98 Å². The van der Waals surface area contributed by atoms with Crippen LogP contribution in [0.1, 0.15) is 36.8 Å². The van der Waals surface area contributed by atoms with Crippen molar-refractivity contribution in [3.05, 3.63) is 78.0 Å². The molecule has 6 heteroatoms. The highest BCUT2D eigenvalue weighted by Crippen LogP contribution is 2.35. The van der Waals surface area contributed by atoms with Crippen molar-refractivity contribution < 1.29 is 9.47 Å². The molecule has 0 radical (unpaired) electrons. The number of allylic oxidation sites excluding steroid dienone is 1. The number of nitriles is 1. The minimum Gasteiger partial charge on any atom is -0.493 e. The van der Waals surface area contributed by atoms with Crippen LogP contribution in [0.4, 0.5) is 17.2 Å². The van der Waals surface area contributed by atoms with E-state index in [4.69, 9.17) is 14.7 Å². The van der Waals surface area contributed by atoms with Gasteiger partial charge in [-0.1, -0.05) is 24.3 Å². The number of methoxy groups -OCH3 is 1. The summed E-state index contributed by atoms with van der Waals surface area (Å²) in [6.07, 6.45) is 12.0. The number of pyridine rings is 1. The van der Waals surface area contributed by atoms with Crippen LogP contribution in [0.15, 0.2) is 71.9 Å². The summed E-state index contributed by atoms with van der Waals surface area (Å²) >= 11 is 0. The number of nitrogens with zero attached hydrogens (tertiary/aromatic N) is 3. The van der Waals surface area contributed by atoms with Gasteiger partial charge in [-0.3, -0.25) is 4.99 Å². The predicted octanol–water partition coefficient (Wildman–Crippen LogP) is 6.44. The van der Waals surface area contributed by atoms with Crippen molar-refractivity contribution in [2.75, 3.05) is 12.4 Å². The van der Waals surface area contributed by atoms with Gasteiger partial charge in [0.15, 0.2) is 11.5 Å². The molecule has 1 aromatic heterocycles. The van der Waals surface area contributed by atoms with Gasteiger partial charge in [-0.05, 0) is 68.2 Å². The van der Waals surface area contributed by atoms with Crippen LogP contribution in [-0.2, 0) is 0 Å². The molecule has 0 unspecified atom stereocenters. The molecule has 166 valence electrons.